The third kappa shape index (κ3) is 16.2. The normalized spacial score (nSPS) is 14.7. The molecule has 14 heteroatoms. The van der Waals surface area contributed by atoms with E-state index in [1.807, 2.05) is 34.6 Å². The molecule has 0 heterocycles. The van der Waals surface area contributed by atoms with Crippen molar-refractivity contribution >= 4 is 39.4 Å². The molecule has 0 aliphatic rings. The summed E-state index contributed by atoms with van der Waals surface area (Å²) in [5, 5.41) is 23.4. The van der Waals surface area contributed by atoms with E-state index < -0.39 is 45.7 Å². The van der Waals surface area contributed by atoms with Crippen LogP contribution in [0.3, 0.4) is 0 Å². The summed E-state index contributed by atoms with van der Waals surface area (Å²) in [5.74, 6) is -2.51. The minimum absolute atomic E-state index is 0.0236. The number of carbonyl (C=O) groups is 5. The van der Waals surface area contributed by atoms with Crippen molar-refractivity contribution in [3.8, 4) is 0 Å². The van der Waals surface area contributed by atoms with E-state index in [0.29, 0.717) is 32.2 Å². The first-order chi connectivity index (χ1) is 22.0. The quantitative estimate of drug-likeness (QED) is 0.106. The van der Waals surface area contributed by atoms with Crippen molar-refractivity contribution in [2.75, 3.05) is 12.8 Å². The lowest BCUT2D eigenvalue weighted by atomic mass is 9.97. The highest BCUT2D eigenvalue weighted by Crippen LogP contribution is 2.12. The van der Waals surface area contributed by atoms with E-state index in [2.05, 4.69) is 26.6 Å². The van der Waals surface area contributed by atoms with Gasteiger partial charge in [-0.1, -0.05) is 59.6 Å². The Bertz CT molecular complexity index is 1290. The predicted molar refractivity (Wildman–Crippen MR) is 180 cm³/mol. The van der Waals surface area contributed by atoms with Crippen molar-refractivity contribution in [1.29, 1.82) is 0 Å². The van der Waals surface area contributed by atoms with E-state index in [0.717, 1.165) is 11.8 Å². The second-order valence-corrected chi connectivity index (χ2v) is 14.6. The highest BCUT2D eigenvalue weighted by atomic mass is 32.2. The zero-order valence-corrected chi connectivity index (χ0v) is 29.7. The molecule has 0 radical (unpaired) electrons. The average molecular weight is 682 g/mol. The number of nitrogens with one attached hydrogen (secondary N) is 5. The Balaban J connectivity index is 2.84. The average Bonchev–Trinajstić information content (AvgIpc) is 2.99. The molecule has 1 rings (SSSR count). The number of carboxylic acids is 1. The van der Waals surface area contributed by atoms with Crippen molar-refractivity contribution in [3.05, 3.63) is 29.8 Å². The molecule has 1 aromatic carbocycles. The predicted octanol–water partition coefficient (Wildman–Crippen LogP) is 2.29. The minimum Gasteiger partial charge on any atom is -0.481 e. The van der Waals surface area contributed by atoms with E-state index in [4.69, 9.17) is 5.11 Å². The number of carboxylic acid groups (broad SMARTS) is 1. The van der Waals surface area contributed by atoms with Crippen LogP contribution < -0.4 is 26.6 Å². The molecule has 6 N–H and O–H groups in total. The van der Waals surface area contributed by atoms with Crippen LogP contribution in [-0.2, 0) is 40.4 Å². The zero-order valence-electron chi connectivity index (χ0n) is 28.9. The van der Waals surface area contributed by atoms with Gasteiger partial charge < -0.3 is 31.7 Å². The Morgan fingerprint density at radius 2 is 1.49 bits per heavy atom. The molecule has 47 heavy (non-hydrogen) atoms. The maximum absolute atomic E-state index is 13.5. The number of hydrogen-bond donors (Lipinski definition) is 6. The number of amides is 4. The highest BCUT2D eigenvalue weighted by molar-refractivity contribution is 7.90. The van der Waals surface area contributed by atoms with Gasteiger partial charge in [0.25, 0.3) is 0 Å². The third-order valence-corrected chi connectivity index (χ3v) is 8.93. The first kappa shape index (κ1) is 41.5. The van der Waals surface area contributed by atoms with Gasteiger partial charge in [-0.25, -0.2) is 8.42 Å². The fraction of sp³-hybridized carbons (Fsp3) is 0.667. The molecule has 0 saturated heterocycles. The number of aliphatic carboxylic acids is 1. The number of benzene rings is 1. The van der Waals surface area contributed by atoms with Gasteiger partial charge in [-0.3, -0.25) is 24.0 Å². The van der Waals surface area contributed by atoms with Crippen molar-refractivity contribution in [1.82, 2.24) is 26.6 Å². The van der Waals surface area contributed by atoms with Crippen molar-refractivity contribution in [3.63, 3.8) is 0 Å². The van der Waals surface area contributed by atoms with Crippen LogP contribution in [0.15, 0.2) is 29.2 Å². The monoisotopic (exact) mass is 681 g/mol. The van der Waals surface area contributed by atoms with E-state index >= 15 is 0 Å². The van der Waals surface area contributed by atoms with Crippen molar-refractivity contribution in [2.45, 2.75) is 122 Å². The van der Waals surface area contributed by atoms with E-state index in [-0.39, 0.29) is 60.4 Å². The zero-order chi connectivity index (χ0) is 35.7. The van der Waals surface area contributed by atoms with Gasteiger partial charge in [0.1, 0.15) is 12.1 Å². The standard InChI is InChI=1S/C33H55N5O8S/c1-8-11-27(37-33(44)30(22(5)9-2)38-28(39)12-10-13-29(40)41)32(43)36-25(18-21(3)4)20-34-23(6)31(42)35-19-24-14-16-26(17-15-24)47(7,45)46/h14-17,21-23,25,27,30,34H,8-13,18-20H2,1-7H3,(H,35,42)(H,36,43)(H,37,44)(H,38,39)(H,40,41)/t22-,23-,25-,27-,30-/m0/s1. The maximum atomic E-state index is 13.5. The first-order valence-corrected chi connectivity index (χ1v) is 18.3. The first-order valence-electron chi connectivity index (χ1n) is 16.4. The molecule has 13 nitrogen and oxygen atoms in total. The molecule has 0 aliphatic heterocycles. The van der Waals surface area contributed by atoms with E-state index in [1.54, 1.807) is 19.1 Å². The third-order valence-electron chi connectivity index (χ3n) is 7.80. The van der Waals surface area contributed by atoms with Crippen LogP contribution in [-0.4, -0.2) is 80.1 Å². The molecule has 0 saturated carbocycles. The molecule has 0 aliphatic carbocycles. The van der Waals surface area contributed by atoms with Gasteiger partial charge in [-0.05, 0) is 55.7 Å². The summed E-state index contributed by atoms with van der Waals surface area (Å²) in [6, 6.07) is 3.65. The lowest BCUT2D eigenvalue weighted by molar-refractivity contribution is -0.137. The summed E-state index contributed by atoms with van der Waals surface area (Å²) in [7, 11) is -3.31. The Labute approximate surface area is 279 Å². The highest BCUT2D eigenvalue weighted by Gasteiger charge is 2.30. The molecular weight excluding hydrogens is 626 g/mol. The molecule has 266 valence electrons. The Morgan fingerprint density at radius 3 is 2.02 bits per heavy atom. The second-order valence-electron chi connectivity index (χ2n) is 12.6. The molecule has 0 aromatic heterocycles. The summed E-state index contributed by atoms with van der Waals surface area (Å²) >= 11 is 0. The summed E-state index contributed by atoms with van der Waals surface area (Å²) in [5.41, 5.74) is 0.750. The summed E-state index contributed by atoms with van der Waals surface area (Å²) in [4.78, 5) is 63.0. The smallest absolute Gasteiger partial charge is 0.303 e. The molecule has 4 amide bonds. The molecule has 0 unspecified atom stereocenters. The largest absolute Gasteiger partial charge is 0.481 e. The van der Waals surface area contributed by atoms with E-state index in [1.165, 1.54) is 12.1 Å². The van der Waals surface area contributed by atoms with Gasteiger partial charge in [0.2, 0.25) is 23.6 Å². The van der Waals surface area contributed by atoms with Gasteiger partial charge in [0.05, 0.1) is 10.9 Å². The molecule has 0 spiro atoms. The lowest BCUT2D eigenvalue weighted by Gasteiger charge is -2.28. The van der Waals surface area contributed by atoms with Crippen LogP contribution in [0.25, 0.3) is 0 Å². The number of rotatable bonds is 22. The Morgan fingerprint density at radius 1 is 0.851 bits per heavy atom. The van der Waals surface area contributed by atoms with Crippen LogP contribution >= 0.6 is 0 Å². The number of carbonyl (C=O) groups excluding carboxylic acids is 4. The summed E-state index contributed by atoms with van der Waals surface area (Å²) in [6.07, 6.45) is 3.33. The summed E-state index contributed by atoms with van der Waals surface area (Å²) < 4.78 is 23.3. The molecule has 1 aromatic rings. The molecule has 0 bridgehead atoms. The van der Waals surface area contributed by atoms with Gasteiger partial charge in [-0.15, -0.1) is 0 Å². The van der Waals surface area contributed by atoms with Gasteiger partial charge in [0.15, 0.2) is 9.84 Å². The lowest BCUT2D eigenvalue weighted by Crippen LogP contribution is -2.57. The molecule has 5 atom stereocenters. The number of hydrogen-bond acceptors (Lipinski definition) is 8. The van der Waals surface area contributed by atoms with Crippen LogP contribution in [0.4, 0.5) is 0 Å². The van der Waals surface area contributed by atoms with Crippen LogP contribution in [0.2, 0.25) is 0 Å². The SMILES string of the molecule is CCC[C@H](NC(=O)[C@@H](NC(=O)CCCC(=O)O)[C@@H](C)CC)C(=O)N[C@H](CN[C@@H](C)C(=O)NCc1ccc(S(C)(=O)=O)cc1)CC(C)C. The van der Waals surface area contributed by atoms with Crippen molar-refractivity contribution in [2.24, 2.45) is 11.8 Å². The summed E-state index contributed by atoms with van der Waals surface area (Å²) in [6.45, 7) is 11.9. The van der Waals surface area contributed by atoms with Crippen LogP contribution in [0.1, 0.15) is 92.1 Å². The van der Waals surface area contributed by atoms with Crippen LogP contribution in [0, 0.1) is 11.8 Å². The Hall–Kier alpha value is -3.52. The van der Waals surface area contributed by atoms with Gasteiger partial charge in [0, 0.05) is 38.2 Å². The van der Waals surface area contributed by atoms with Crippen LogP contribution in [0.5, 0.6) is 0 Å². The minimum atomic E-state index is -3.31. The number of sulfone groups is 1. The maximum Gasteiger partial charge on any atom is 0.303 e. The Kier molecular flexibility index (Phi) is 18.2. The van der Waals surface area contributed by atoms with Gasteiger partial charge in [-0.2, -0.15) is 0 Å². The molecular formula is C33H55N5O8S. The van der Waals surface area contributed by atoms with Gasteiger partial charge >= 0.3 is 5.97 Å². The fourth-order valence-electron chi connectivity index (χ4n) is 4.84. The topological polar surface area (TPSA) is 200 Å². The fourth-order valence-corrected chi connectivity index (χ4v) is 5.47. The molecule has 0 fully saturated rings. The van der Waals surface area contributed by atoms with E-state index in [9.17, 15) is 32.4 Å². The van der Waals surface area contributed by atoms with Crippen molar-refractivity contribution < 1.29 is 37.5 Å². The second kappa shape index (κ2) is 20.7.